The van der Waals surface area contributed by atoms with E-state index in [4.69, 9.17) is 0 Å². The number of carbonyl (C=O) groups excluding carboxylic acids is 1. The van der Waals surface area contributed by atoms with Crippen molar-refractivity contribution in [2.45, 2.75) is 19.1 Å². The number of hydrogen-bond acceptors (Lipinski definition) is 8. The van der Waals surface area contributed by atoms with E-state index in [1.807, 2.05) is 4.90 Å². The van der Waals surface area contributed by atoms with Crippen molar-refractivity contribution in [2.24, 2.45) is 5.92 Å². The number of nitrogens with zero attached hydrogens (tertiary/aromatic N) is 6. The molecule has 1 aromatic heterocycles. The molecule has 0 aliphatic carbocycles. The molecule has 1 aromatic carbocycles. The Morgan fingerprint density at radius 2 is 1.71 bits per heavy atom. The van der Waals surface area contributed by atoms with Crippen LogP contribution >= 0.6 is 0 Å². The van der Waals surface area contributed by atoms with Crippen LogP contribution in [0, 0.1) is 5.92 Å². The quantitative estimate of drug-likeness (QED) is 0.650. The third-order valence-corrected chi connectivity index (χ3v) is 6.24. The molecular formula is C22H29F3N8O. The molecule has 2 N–H and O–H groups in total. The predicted molar refractivity (Wildman–Crippen MR) is 123 cm³/mol. The van der Waals surface area contributed by atoms with Crippen LogP contribution in [-0.4, -0.2) is 79.1 Å². The highest BCUT2D eigenvalue weighted by Crippen LogP contribution is 2.32. The first-order valence-electron chi connectivity index (χ1n) is 11.3. The Hall–Kier alpha value is -3.15. The minimum absolute atomic E-state index is 0.0474. The second kappa shape index (κ2) is 10.00. The van der Waals surface area contributed by atoms with Crippen LogP contribution in [0.1, 0.15) is 17.5 Å². The highest BCUT2D eigenvalue weighted by molar-refractivity contribution is 5.80. The van der Waals surface area contributed by atoms with Crippen LogP contribution < -0.4 is 20.4 Å². The fourth-order valence-corrected chi connectivity index (χ4v) is 4.19. The largest absolute Gasteiger partial charge is 0.416 e. The lowest BCUT2D eigenvalue weighted by molar-refractivity contribution is -0.138. The number of carbonyl (C=O) groups is 1. The first-order valence-corrected chi connectivity index (χ1v) is 11.3. The number of halogens is 3. The summed E-state index contributed by atoms with van der Waals surface area (Å²) in [6, 6.07) is 5.28. The van der Waals surface area contributed by atoms with Gasteiger partial charge >= 0.3 is 6.18 Å². The summed E-state index contributed by atoms with van der Waals surface area (Å²) in [5.41, 5.74) is -0.685. The third kappa shape index (κ3) is 5.49. The van der Waals surface area contributed by atoms with Crippen LogP contribution in [0.15, 0.2) is 24.3 Å². The van der Waals surface area contributed by atoms with Gasteiger partial charge in [-0.1, -0.05) is 18.2 Å². The van der Waals surface area contributed by atoms with Gasteiger partial charge < -0.3 is 25.3 Å². The molecule has 184 valence electrons. The zero-order valence-electron chi connectivity index (χ0n) is 19.3. The summed E-state index contributed by atoms with van der Waals surface area (Å²) in [4.78, 5) is 32.6. The molecule has 34 heavy (non-hydrogen) atoms. The maximum absolute atomic E-state index is 13.2. The molecule has 12 heteroatoms. The Morgan fingerprint density at radius 1 is 1.03 bits per heavy atom. The summed E-state index contributed by atoms with van der Waals surface area (Å²) in [6.07, 6.45) is -3.90. The maximum atomic E-state index is 13.2. The Bertz CT molecular complexity index is 1010. The fourth-order valence-electron chi connectivity index (χ4n) is 4.19. The highest BCUT2D eigenvalue weighted by Gasteiger charge is 2.34. The van der Waals surface area contributed by atoms with E-state index in [0.717, 1.165) is 32.2 Å². The number of aromatic nitrogens is 3. The van der Waals surface area contributed by atoms with E-state index in [1.54, 1.807) is 7.05 Å². The van der Waals surface area contributed by atoms with Crippen molar-refractivity contribution in [3.8, 4) is 0 Å². The van der Waals surface area contributed by atoms with Crippen LogP contribution in [0.25, 0.3) is 0 Å². The predicted octanol–water partition coefficient (Wildman–Crippen LogP) is 1.83. The molecule has 0 radical (unpaired) electrons. The number of benzene rings is 1. The average Bonchev–Trinajstić information content (AvgIpc) is 3.33. The van der Waals surface area contributed by atoms with Crippen LogP contribution in [0.5, 0.6) is 0 Å². The second-order valence-electron chi connectivity index (χ2n) is 8.60. The Balaban J connectivity index is 1.40. The van der Waals surface area contributed by atoms with Gasteiger partial charge in [0.1, 0.15) is 0 Å². The molecule has 2 aliphatic rings. The van der Waals surface area contributed by atoms with Crippen molar-refractivity contribution < 1.29 is 18.0 Å². The number of likely N-dealkylation sites (N-methyl/N-ethyl adjacent to an activating group) is 1. The van der Waals surface area contributed by atoms with E-state index < -0.39 is 11.7 Å². The fraction of sp³-hybridized carbons (Fsp3) is 0.545. The lowest BCUT2D eigenvalue weighted by Gasteiger charge is -2.32. The van der Waals surface area contributed by atoms with Crippen molar-refractivity contribution in [2.75, 3.05) is 68.5 Å². The van der Waals surface area contributed by atoms with Crippen molar-refractivity contribution in [1.29, 1.82) is 0 Å². The molecule has 2 saturated heterocycles. The third-order valence-electron chi connectivity index (χ3n) is 6.24. The zero-order valence-corrected chi connectivity index (χ0v) is 19.3. The van der Waals surface area contributed by atoms with Crippen molar-refractivity contribution in [1.82, 2.24) is 25.2 Å². The summed E-state index contributed by atoms with van der Waals surface area (Å²) in [5.74, 6) is 0.905. The smallest absolute Gasteiger partial charge is 0.357 e. The minimum atomic E-state index is -4.46. The lowest BCUT2D eigenvalue weighted by Crippen LogP contribution is -2.45. The molecule has 0 bridgehead atoms. The number of nitrogens with one attached hydrogen (secondary N) is 2. The highest BCUT2D eigenvalue weighted by atomic mass is 19.4. The first-order chi connectivity index (χ1) is 16.2. The monoisotopic (exact) mass is 478 g/mol. The molecule has 2 aromatic rings. The number of anilines is 3. The van der Waals surface area contributed by atoms with Gasteiger partial charge in [-0.3, -0.25) is 4.79 Å². The summed E-state index contributed by atoms with van der Waals surface area (Å²) in [6.45, 7) is 4.25. The van der Waals surface area contributed by atoms with Gasteiger partial charge in [0, 0.05) is 52.9 Å². The SMILES string of the molecule is CNc1nc(N2CCN(C)CC2)nc(N2CCC(C(=O)NCc3ccccc3C(F)(F)F)C2)n1. The molecule has 0 saturated carbocycles. The van der Waals surface area contributed by atoms with Gasteiger partial charge in [-0.05, 0) is 25.1 Å². The van der Waals surface area contributed by atoms with E-state index in [1.165, 1.54) is 18.2 Å². The standard InChI is InChI=1S/C22H29F3N8O/c1-26-19-28-20(32-11-9-31(2)10-12-32)30-21(29-19)33-8-7-16(14-33)18(34)27-13-15-5-3-4-6-17(15)22(23,24)25/h3-6,16H,7-14H2,1-2H3,(H,27,34)(H,26,28,29,30). The molecule has 1 atom stereocenters. The van der Waals surface area contributed by atoms with Gasteiger partial charge in [0.2, 0.25) is 23.8 Å². The van der Waals surface area contributed by atoms with E-state index in [2.05, 4.69) is 42.4 Å². The van der Waals surface area contributed by atoms with Crippen molar-refractivity contribution in [3.63, 3.8) is 0 Å². The molecule has 4 rings (SSSR count). The topological polar surface area (TPSA) is 89.5 Å². The molecule has 1 unspecified atom stereocenters. The molecule has 2 fully saturated rings. The molecular weight excluding hydrogens is 449 g/mol. The molecule has 2 aliphatic heterocycles. The summed E-state index contributed by atoms with van der Waals surface area (Å²) < 4.78 is 39.6. The molecule has 9 nitrogen and oxygen atoms in total. The van der Waals surface area contributed by atoms with Gasteiger partial charge in [0.05, 0.1) is 11.5 Å². The van der Waals surface area contributed by atoms with Gasteiger partial charge in [0.25, 0.3) is 0 Å². The van der Waals surface area contributed by atoms with E-state index in [-0.39, 0.29) is 23.9 Å². The van der Waals surface area contributed by atoms with Crippen LogP contribution in [0.3, 0.4) is 0 Å². The maximum Gasteiger partial charge on any atom is 0.416 e. The summed E-state index contributed by atoms with van der Waals surface area (Å²) in [5, 5.41) is 5.64. The molecule has 0 spiro atoms. The molecule has 3 heterocycles. The van der Waals surface area contributed by atoms with E-state index in [9.17, 15) is 18.0 Å². The Labute approximate surface area is 196 Å². The number of amides is 1. The van der Waals surface area contributed by atoms with Gasteiger partial charge in [-0.25, -0.2) is 0 Å². The van der Waals surface area contributed by atoms with Gasteiger partial charge in [0.15, 0.2) is 0 Å². The first kappa shape index (κ1) is 24.0. The number of hydrogen-bond donors (Lipinski definition) is 2. The number of piperazine rings is 1. The van der Waals surface area contributed by atoms with Crippen molar-refractivity contribution in [3.05, 3.63) is 35.4 Å². The normalized spacial score (nSPS) is 19.4. The lowest BCUT2D eigenvalue weighted by atomic mass is 10.1. The van der Waals surface area contributed by atoms with E-state index in [0.29, 0.717) is 37.4 Å². The Morgan fingerprint density at radius 3 is 2.38 bits per heavy atom. The van der Waals surface area contributed by atoms with Crippen LogP contribution in [0.2, 0.25) is 0 Å². The van der Waals surface area contributed by atoms with Gasteiger partial charge in [-0.2, -0.15) is 28.1 Å². The minimum Gasteiger partial charge on any atom is -0.357 e. The zero-order chi connectivity index (χ0) is 24.3. The van der Waals surface area contributed by atoms with Crippen molar-refractivity contribution >= 4 is 23.8 Å². The Kier molecular flexibility index (Phi) is 7.05. The number of rotatable bonds is 6. The summed E-state index contributed by atoms with van der Waals surface area (Å²) in [7, 11) is 3.82. The summed E-state index contributed by atoms with van der Waals surface area (Å²) >= 11 is 0. The second-order valence-corrected chi connectivity index (χ2v) is 8.60. The van der Waals surface area contributed by atoms with Gasteiger partial charge in [-0.15, -0.1) is 0 Å². The van der Waals surface area contributed by atoms with Crippen LogP contribution in [0.4, 0.5) is 31.0 Å². The molecule has 1 amide bonds. The van der Waals surface area contributed by atoms with E-state index >= 15 is 0 Å². The van der Waals surface area contributed by atoms with Crippen LogP contribution in [-0.2, 0) is 17.5 Å². The number of alkyl halides is 3. The average molecular weight is 479 g/mol.